The first-order chi connectivity index (χ1) is 8.49. The number of imidazole rings is 1. The first kappa shape index (κ1) is 12.8. The lowest BCUT2D eigenvalue weighted by atomic mass is 10.1. The van der Waals surface area contributed by atoms with Crippen molar-refractivity contribution >= 4 is 16.8 Å². The third kappa shape index (κ3) is 2.45. The molecule has 96 valence electrons. The van der Waals surface area contributed by atoms with Crippen molar-refractivity contribution in [2.45, 2.75) is 39.5 Å². The SMILES string of the molecule is CC(=O)CCc1ccc2nc(C(C)C)n(C)c2c1. The van der Waals surface area contributed by atoms with Crippen LogP contribution in [0.2, 0.25) is 0 Å². The standard InChI is InChI=1S/C15H20N2O/c1-10(2)15-16-13-8-7-12(6-5-11(3)18)9-14(13)17(15)4/h7-10H,5-6H2,1-4H3. The maximum Gasteiger partial charge on any atom is 0.130 e. The molecule has 0 radical (unpaired) electrons. The van der Waals surface area contributed by atoms with E-state index in [4.69, 9.17) is 0 Å². The molecule has 1 heterocycles. The molecule has 0 unspecified atom stereocenters. The van der Waals surface area contributed by atoms with Crippen molar-refractivity contribution < 1.29 is 4.79 Å². The Morgan fingerprint density at radius 3 is 2.72 bits per heavy atom. The maximum absolute atomic E-state index is 11.0. The Hall–Kier alpha value is -1.64. The summed E-state index contributed by atoms with van der Waals surface area (Å²) >= 11 is 0. The topological polar surface area (TPSA) is 34.9 Å². The summed E-state index contributed by atoms with van der Waals surface area (Å²) in [5.74, 6) is 1.76. The van der Waals surface area contributed by atoms with Gasteiger partial charge in [0, 0.05) is 19.4 Å². The van der Waals surface area contributed by atoms with Crippen molar-refractivity contribution in [3.05, 3.63) is 29.6 Å². The maximum atomic E-state index is 11.0. The van der Waals surface area contributed by atoms with Crippen LogP contribution in [0.4, 0.5) is 0 Å². The van der Waals surface area contributed by atoms with E-state index >= 15 is 0 Å². The summed E-state index contributed by atoms with van der Waals surface area (Å²) < 4.78 is 2.15. The molecule has 1 aromatic carbocycles. The lowest BCUT2D eigenvalue weighted by Crippen LogP contribution is -1.99. The molecule has 0 aliphatic rings. The highest BCUT2D eigenvalue weighted by Gasteiger charge is 2.11. The number of nitrogens with zero attached hydrogens (tertiary/aromatic N) is 2. The molecule has 1 aromatic heterocycles. The van der Waals surface area contributed by atoms with E-state index in [-0.39, 0.29) is 5.78 Å². The van der Waals surface area contributed by atoms with Crippen LogP contribution < -0.4 is 0 Å². The monoisotopic (exact) mass is 244 g/mol. The van der Waals surface area contributed by atoms with Crippen LogP contribution in [0.25, 0.3) is 11.0 Å². The zero-order valence-electron chi connectivity index (χ0n) is 11.5. The summed E-state index contributed by atoms with van der Waals surface area (Å²) in [5, 5.41) is 0. The molecule has 0 saturated heterocycles. The predicted octanol–water partition coefficient (Wildman–Crippen LogP) is 3.22. The zero-order valence-corrected chi connectivity index (χ0v) is 11.5. The first-order valence-corrected chi connectivity index (χ1v) is 6.43. The number of hydrogen-bond acceptors (Lipinski definition) is 2. The van der Waals surface area contributed by atoms with Gasteiger partial charge in [-0.25, -0.2) is 4.98 Å². The molecule has 0 atom stereocenters. The highest BCUT2D eigenvalue weighted by Crippen LogP contribution is 2.22. The van der Waals surface area contributed by atoms with Gasteiger partial charge in [-0.1, -0.05) is 19.9 Å². The van der Waals surface area contributed by atoms with Crippen LogP contribution in [0.3, 0.4) is 0 Å². The molecule has 0 amide bonds. The number of hydrogen-bond donors (Lipinski definition) is 0. The van der Waals surface area contributed by atoms with E-state index < -0.39 is 0 Å². The number of benzene rings is 1. The quantitative estimate of drug-likeness (QED) is 0.827. The highest BCUT2D eigenvalue weighted by molar-refractivity contribution is 5.78. The number of fused-ring (bicyclic) bond motifs is 1. The number of aromatic nitrogens is 2. The van der Waals surface area contributed by atoms with Crippen molar-refractivity contribution in [1.82, 2.24) is 9.55 Å². The third-order valence-corrected chi connectivity index (χ3v) is 3.26. The molecule has 3 heteroatoms. The molecule has 3 nitrogen and oxygen atoms in total. The van der Waals surface area contributed by atoms with Crippen LogP contribution in [0.5, 0.6) is 0 Å². The number of aryl methyl sites for hydroxylation is 2. The second-order valence-electron chi connectivity index (χ2n) is 5.21. The summed E-state index contributed by atoms with van der Waals surface area (Å²) in [4.78, 5) is 15.7. The Morgan fingerprint density at radius 1 is 1.39 bits per heavy atom. The number of Topliss-reactive ketones (excluding diaryl/α,β-unsaturated/α-hetero) is 1. The van der Waals surface area contributed by atoms with Crippen LogP contribution >= 0.6 is 0 Å². The minimum absolute atomic E-state index is 0.239. The third-order valence-electron chi connectivity index (χ3n) is 3.26. The summed E-state index contributed by atoms with van der Waals surface area (Å²) in [7, 11) is 2.05. The van der Waals surface area contributed by atoms with Crippen molar-refractivity contribution in [1.29, 1.82) is 0 Å². The van der Waals surface area contributed by atoms with Crippen LogP contribution in [-0.2, 0) is 18.3 Å². The lowest BCUT2D eigenvalue weighted by Gasteiger charge is -2.05. The van der Waals surface area contributed by atoms with Gasteiger partial charge < -0.3 is 9.36 Å². The van der Waals surface area contributed by atoms with E-state index in [0.29, 0.717) is 12.3 Å². The fourth-order valence-electron chi connectivity index (χ4n) is 2.25. The Labute approximate surface area is 108 Å². The van der Waals surface area contributed by atoms with Crippen molar-refractivity contribution in [3.63, 3.8) is 0 Å². The van der Waals surface area contributed by atoms with E-state index in [2.05, 4.69) is 48.6 Å². The Bertz CT molecular complexity index is 581. The van der Waals surface area contributed by atoms with E-state index in [1.54, 1.807) is 6.92 Å². The van der Waals surface area contributed by atoms with Crippen molar-refractivity contribution in [3.8, 4) is 0 Å². The van der Waals surface area contributed by atoms with Gasteiger partial charge in [0.15, 0.2) is 0 Å². The fraction of sp³-hybridized carbons (Fsp3) is 0.467. The summed E-state index contributed by atoms with van der Waals surface area (Å²) in [6, 6.07) is 6.27. The minimum atomic E-state index is 0.239. The van der Waals surface area contributed by atoms with Gasteiger partial charge in [-0.2, -0.15) is 0 Å². The number of ketones is 1. The predicted molar refractivity (Wildman–Crippen MR) is 73.8 cm³/mol. The molecular formula is C15H20N2O. The Morgan fingerprint density at radius 2 is 2.11 bits per heavy atom. The fourth-order valence-corrected chi connectivity index (χ4v) is 2.25. The van der Waals surface area contributed by atoms with Gasteiger partial charge in [-0.3, -0.25) is 0 Å². The van der Waals surface area contributed by atoms with E-state index in [1.807, 2.05) is 0 Å². The van der Waals surface area contributed by atoms with Gasteiger partial charge in [0.05, 0.1) is 11.0 Å². The first-order valence-electron chi connectivity index (χ1n) is 6.43. The van der Waals surface area contributed by atoms with Crippen molar-refractivity contribution in [2.24, 2.45) is 7.05 Å². The van der Waals surface area contributed by atoms with Gasteiger partial charge in [0.25, 0.3) is 0 Å². The summed E-state index contributed by atoms with van der Waals surface area (Å²) in [6.45, 7) is 5.94. The van der Waals surface area contributed by atoms with Gasteiger partial charge in [0.1, 0.15) is 11.6 Å². The minimum Gasteiger partial charge on any atom is -0.331 e. The Balaban J connectivity index is 2.38. The average molecular weight is 244 g/mol. The molecule has 0 spiro atoms. The largest absolute Gasteiger partial charge is 0.331 e. The summed E-state index contributed by atoms with van der Waals surface area (Å²) in [6.07, 6.45) is 1.42. The molecule has 0 bridgehead atoms. The molecule has 2 aromatic rings. The highest BCUT2D eigenvalue weighted by atomic mass is 16.1. The normalized spacial score (nSPS) is 11.4. The van der Waals surface area contributed by atoms with Gasteiger partial charge in [0.2, 0.25) is 0 Å². The smallest absolute Gasteiger partial charge is 0.130 e. The number of carbonyl (C=O) groups excluding carboxylic acids is 1. The molecule has 18 heavy (non-hydrogen) atoms. The number of carbonyl (C=O) groups is 1. The van der Waals surface area contributed by atoms with Crippen molar-refractivity contribution in [2.75, 3.05) is 0 Å². The second kappa shape index (κ2) is 4.92. The van der Waals surface area contributed by atoms with Crippen LogP contribution in [0.1, 0.15) is 44.5 Å². The van der Waals surface area contributed by atoms with Gasteiger partial charge in [-0.05, 0) is 31.0 Å². The van der Waals surface area contributed by atoms with E-state index in [9.17, 15) is 4.79 Å². The number of rotatable bonds is 4. The molecule has 0 saturated carbocycles. The van der Waals surface area contributed by atoms with Crippen LogP contribution in [-0.4, -0.2) is 15.3 Å². The van der Waals surface area contributed by atoms with E-state index in [1.165, 1.54) is 5.56 Å². The molecule has 0 N–H and O–H groups in total. The van der Waals surface area contributed by atoms with Gasteiger partial charge in [-0.15, -0.1) is 0 Å². The molecule has 0 aliphatic carbocycles. The molecule has 0 fully saturated rings. The zero-order chi connectivity index (χ0) is 13.3. The van der Waals surface area contributed by atoms with Gasteiger partial charge >= 0.3 is 0 Å². The molecular weight excluding hydrogens is 224 g/mol. The molecule has 0 aliphatic heterocycles. The van der Waals surface area contributed by atoms with Crippen LogP contribution in [0, 0.1) is 0 Å². The second-order valence-corrected chi connectivity index (χ2v) is 5.21. The Kier molecular flexibility index (Phi) is 3.50. The lowest BCUT2D eigenvalue weighted by molar-refractivity contribution is -0.116. The summed E-state index contributed by atoms with van der Waals surface area (Å²) in [5.41, 5.74) is 3.39. The molecule has 2 rings (SSSR count). The van der Waals surface area contributed by atoms with E-state index in [0.717, 1.165) is 23.3 Å². The van der Waals surface area contributed by atoms with Crippen LogP contribution in [0.15, 0.2) is 18.2 Å². The average Bonchev–Trinajstić information content (AvgIpc) is 2.64.